The van der Waals surface area contributed by atoms with Crippen LogP contribution in [-0.2, 0) is 13.2 Å². The highest BCUT2D eigenvalue weighted by Gasteiger charge is 2.10. The normalized spacial score (nSPS) is 10.5. The van der Waals surface area contributed by atoms with Crippen molar-refractivity contribution in [3.8, 4) is 5.75 Å². The summed E-state index contributed by atoms with van der Waals surface area (Å²) < 4.78 is 19.0. The van der Waals surface area contributed by atoms with Gasteiger partial charge in [0.15, 0.2) is 0 Å². The van der Waals surface area contributed by atoms with Crippen LogP contribution in [0.25, 0.3) is 0 Å². The second-order valence-corrected chi connectivity index (χ2v) is 6.80. The average Bonchev–Trinajstić information content (AvgIpc) is 2.67. The Morgan fingerprint density at radius 1 is 1.00 bits per heavy atom. The molecule has 0 radical (unpaired) electrons. The molecule has 3 aromatic carbocycles. The van der Waals surface area contributed by atoms with Crippen molar-refractivity contribution in [2.75, 3.05) is 5.32 Å². The Bertz CT molecular complexity index is 1010. The van der Waals surface area contributed by atoms with E-state index in [-0.39, 0.29) is 17.2 Å². The number of para-hydroxylation sites is 1. The minimum atomic E-state index is -1.09. The molecule has 3 rings (SSSR count). The van der Waals surface area contributed by atoms with E-state index in [1.165, 1.54) is 24.3 Å². The minimum Gasteiger partial charge on any atom is -0.488 e. The highest BCUT2D eigenvalue weighted by atomic mass is 35.5. The predicted molar refractivity (Wildman–Crippen MR) is 108 cm³/mol. The Morgan fingerprint density at radius 2 is 1.79 bits per heavy atom. The van der Waals surface area contributed by atoms with Gasteiger partial charge in [0.1, 0.15) is 18.2 Å². The number of carboxylic acids is 1. The molecule has 2 N–H and O–H groups in total. The first-order valence-corrected chi connectivity index (χ1v) is 9.11. The molecule has 0 aliphatic heterocycles. The fourth-order valence-electron chi connectivity index (χ4n) is 2.58. The first-order chi connectivity index (χ1) is 13.4. The van der Waals surface area contributed by atoms with Crippen molar-refractivity contribution in [2.24, 2.45) is 0 Å². The van der Waals surface area contributed by atoms with Gasteiger partial charge >= 0.3 is 5.97 Å². The molecule has 0 unspecified atom stereocenters. The zero-order valence-electron chi connectivity index (χ0n) is 14.6. The Morgan fingerprint density at radius 3 is 2.54 bits per heavy atom. The average molecular weight is 420 g/mol. The van der Waals surface area contributed by atoms with Crippen molar-refractivity contribution in [3.05, 3.63) is 93.2 Å². The molecule has 4 nitrogen and oxygen atoms in total. The standard InChI is InChI=1S/C21H16Cl2FNO3/c22-18-8-7-16(10-17(18)21(26)27)25-11-13-3-1-2-4-20(13)28-12-14-5-6-15(24)9-19(14)23/h1-10,25H,11-12H2,(H,26,27). The van der Waals surface area contributed by atoms with Crippen LogP contribution in [0, 0.1) is 5.82 Å². The summed E-state index contributed by atoms with van der Waals surface area (Å²) in [4.78, 5) is 11.2. The third kappa shape index (κ3) is 4.94. The smallest absolute Gasteiger partial charge is 0.337 e. The zero-order valence-corrected chi connectivity index (χ0v) is 16.1. The lowest BCUT2D eigenvalue weighted by atomic mass is 10.1. The molecule has 0 bridgehead atoms. The Kier molecular flexibility index (Phi) is 6.39. The Hall–Kier alpha value is -2.76. The van der Waals surface area contributed by atoms with E-state index in [0.717, 1.165) is 5.56 Å². The molecule has 0 saturated carbocycles. The van der Waals surface area contributed by atoms with Crippen LogP contribution < -0.4 is 10.1 Å². The second-order valence-electron chi connectivity index (χ2n) is 5.99. The van der Waals surface area contributed by atoms with E-state index in [4.69, 9.17) is 27.9 Å². The molecular weight excluding hydrogens is 404 g/mol. The summed E-state index contributed by atoms with van der Waals surface area (Å²) in [5, 5.41) is 12.8. The summed E-state index contributed by atoms with van der Waals surface area (Å²) in [6.45, 7) is 0.605. The molecule has 0 saturated heterocycles. The number of hydrogen-bond acceptors (Lipinski definition) is 3. The van der Waals surface area contributed by atoms with E-state index < -0.39 is 11.8 Å². The molecule has 0 aliphatic rings. The molecular formula is C21H16Cl2FNO3. The van der Waals surface area contributed by atoms with Gasteiger partial charge in [-0.2, -0.15) is 0 Å². The second kappa shape index (κ2) is 8.95. The van der Waals surface area contributed by atoms with Crippen LogP contribution in [0.1, 0.15) is 21.5 Å². The molecule has 28 heavy (non-hydrogen) atoms. The molecule has 0 heterocycles. The fraction of sp³-hybridized carbons (Fsp3) is 0.0952. The highest BCUT2D eigenvalue weighted by molar-refractivity contribution is 6.33. The number of rotatable bonds is 7. The Labute approximate surface area is 171 Å². The predicted octanol–water partition coefficient (Wildman–Crippen LogP) is 6.02. The minimum absolute atomic E-state index is 0.0298. The number of hydrogen-bond donors (Lipinski definition) is 2. The van der Waals surface area contributed by atoms with E-state index in [1.54, 1.807) is 12.1 Å². The van der Waals surface area contributed by atoms with Gasteiger partial charge < -0.3 is 15.2 Å². The number of ether oxygens (including phenoxy) is 1. The lowest BCUT2D eigenvalue weighted by Crippen LogP contribution is -2.05. The summed E-state index contributed by atoms with van der Waals surface area (Å²) in [6.07, 6.45) is 0. The van der Waals surface area contributed by atoms with Crippen molar-refractivity contribution in [2.45, 2.75) is 13.2 Å². The summed E-state index contributed by atoms with van der Waals surface area (Å²) in [5.74, 6) is -0.849. The lowest BCUT2D eigenvalue weighted by Gasteiger charge is -2.14. The van der Waals surface area contributed by atoms with Gasteiger partial charge in [-0.3, -0.25) is 0 Å². The number of anilines is 1. The van der Waals surface area contributed by atoms with Crippen molar-refractivity contribution in [3.63, 3.8) is 0 Å². The van der Waals surface area contributed by atoms with E-state index in [0.29, 0.717) is 28.6 Å². The van der Waals surface area contributed by atoms with Gasteiger partial charge in [-0.05, 0) is 36.4 Å². The number of aromatic carboxylic acids is 1. The zero-order chi connectivity index (χ0) is 20.1. The van der Waals surface area contributed by atoms with Crippen LogP contribution >= 0.6 is 23.2 Å². The molecule has 0 amide bonds. The van der Waals surface area contributed by atoms with Gasteiger partial charge in [0, 0.05) is 23.4 Å². The molecule has 3 aromatic rings. The maximum Gasteiger partial charge on any atom is 0.337 e. The van der Waals surface area contributed by atoms with Gasteiger partial charge in [0.2, 0.25) is 0 Å². The molecule has 0 aliphatic carbocycles. The van der Waals surface area contributed by atoms with Gasteiger partial charge in [-0.1, -0.05) is 47.5 Å². The van der Waals surface area contributed by atoms with E-state index in [9.17, 15) is 14.3 Å². The van der Waals surface area contributed by atoms with Crippen LogP contribution in [0.15, 0.2) is 60.7 Å². The third-order valence-electron chi connectivity index (χ3n) is 4.05. The number of carbonyl (C=O) groups is 1. The molecule has 0 spiro atoms. The van der Waals surface area contributed by atoms with Crippen molar-refractivity contribution >= 4 is 34.9 Å². The summed E-state index contributed by atoms with van der Waals surface area (Å²) in [5.41, 5.74) is 2.20. The van der Waals surface area contributed by atoms with Crippen molar-refractivity contribution in [1.82, 2.24) is 0 Å². The summed E-state index contributed by atoms with van der Waals surface area (Å²) >= 11 is 11.9. The van der Waals surface area contributed by atoms with Crippen LogP contribution in [0.4, 0.5) is 10.1 Å². The van der Waals surface area contributed by atoms with Crippen LogP contribution in [0.3, 0.4) is 0 Å². The number of benzene rings is 3. The van der Waals surface area contributed by atoms with Crippen LogP contribution in [0.2, 0.25) is 10.0 Å². The first-order valence-electron chi connectivity index (χ1n) is 8.35. The molecule has 0 aromatic heterocycles. The first kappa shape index (κ1) is 20.0. The largest absolute Gasteiger partial charge is 0.488 e. The maximum atomic E-state index is 13.2. The fourth-order valence-corrected chi connectivity index (χ4v) is 3.00. The SMILES string of the molecule is O=C(O)c1cc(NCc2ccccc2OCc2ccc(F)cc2Cl)ccc1Cl. The maximum absolute atomic E-state index is 13.2. The number of nitrogens with one attached hydrogen (secondary N) is 1. The third-order valence-corrected chi connectivity index (χ3v) is 4.73. The van der Waals surface area contributed by atoms with Crippen LogP contribution in [-0.4, -0.2) is 11.1 Å². The lowest BCUT2D eigenvalue weighted by molar-refractivity contribution is 0.0697. The topological polar surface area (TPSA) is 58.6 Å². The van der Waals surface area contributed by atoms with Gasteiger partial charge in [0.25, 0.3) is 0 Å². The highest BCUT2D eigenvalue weighted by Crippen LogP contribution is 2.25. The Balaban J connectivity index is 1.70. The molecule has 144 valence electrons. The monoisotopic (exact) mass is 419 g/mol. The number of halogens is 3. The summed E-state index contributed by atoms with van der Waals surface area (Å²) in [7, 11) is 0. The van der Waals surface area contributed by atoms with E-state index in [1.807, 2.05) is 24.3 Å². The molecule has 0 atom stereocenters. The van der Waals surface area contributed by atoms with Gasteiger partial charge in [-0.25, -0.2) is 9.18 Å². The van der Waals surface area contributed by atoms with Crippen molar-refractivity contribution in [1.29, 1.82) is 0 Å². The molecule has 0 fully saturated rings. The van der Waals surface area contributed by atoms with E-state index >= 15 is 0 Å². The number of carboxylic acid groups (broad SMARTS) is 1. The van der Waals surface area contributed by atoms with Crippen LogP contribution in [0.5, 0.6) is 5.75 Å². The van der Waals surface area contributed by atoms with Crippen molar-refractivity contribution < 1.29 is 19.0 Å². The van der Waals surface area contributed by atoms with E-state index in [2.05, 4.69) is 5.32 Å². The van der Waals surface area contributed by atoms with Gasteiger partial charge in [0.05, 0.1) is 15.6 Å². The van der Waals surface area contributed by atoms with Gasteiger partial charge in [-0.15, -0.1) is 0 Å². The molecule has 7 heteroatoms. The summed E-state index contributed by atoms with van der Waals surface area (Å²) in [6, 6.07) is 16.3. The quantitative estimate of drug-likeness (QED) is 0.491.